The molecule has 402 valence electrons. The van der Waals surface area contributed by atoms with Crippen molar-refractivity contribution in [2.75, 3.05) is 13.1 Å². The van der Waals surface area contributed by atoms with Gasteiger partial charge in [0, 0.05) is 44.2 Å². The van der Waals surface area contributed by atoms with Gasteiger partial charge in [-0.3, -0.25) is 43.3 Å². The molecule has 16 N–H and O–H groups in total. The molecule has 1 fully saturated rings. The quantitative estimate of drug-likeness (QED) is 0.0219. The zero-order valence-corrected chi connectivity index (χ0v) is 41.8. The Bertz CT molecular complexity index is 2430. The Morgan fingerprint density at radius 2 is 1.28 bits per heavy atom. The average molecular weight is 1030 g/mol. The van der Waals surface area contributed by atoms with Gasteiger partial charge in [0.2, 0.25) is 41.4 Å². The molecule has 0 bridgehead atoms. The minimum Gasteiger partial charge on any atom is -0.508 e. The number of H-pyrrole nitrogens is 1. The van der Waals surface area contributed by atoms with Crippen molar-refractivity contribution in [1.82, 2.24) is 46.8 Å². The maximum Gasteiger partial charge on any atom is 0.326 e. The van der Waals surface area contributed by atoms with E-state index in [0.29, 0.717) is 23.2 Å². The van der Waals surface area contributed by atoms with E-state index in [2.05, 4.69) is 46.9 Å². The number of carbonyl (C=O) groups excluding carboxylic acids is 7. The van der Waals surface area contributed by atoms with E-state index >= 15 is 0 Å². The van der Waals surface area contributed by atoms with E-state index < -0.39 is 120 Å². The summed E-state index contributed by atoms with van der Waals surface area (Å²) >= 11 is 0. The highest BCUT2D eigenvalue weighted by Crippen LogP contribution is 2.21. The van der Waals surface area contributed by atoms with E-state index in [1.165, 1.54) is 41.7 Å². The van der Waals surface area contributed by atoms with Crippen LogP contribution in [0.1, 0.15) is 76.6 Å². The number of rotatable bonds is 28. The van der Waals surface area contributed by atoms with Crippen LogP contribution in [0.5, 0.6) is 5.75 Å². The van der Waals surface area contributed by atoms with E-state index in [4.69, 9.17) is 22.3 Å². The summed E-state index contributed by atoms with van der Waals surface area (Å²) < 4.78 is 0. The molecule has 0 aliphatic carbocycles. The third kappa shape index (κ3) is 18.2. The van der Waals surface area contributed by atoms with E-state index in [-0.39, 0.29) is 63.3 Å². The Balaban J connectivity index is 1.57. The van der Waals surface area contributed by atoms with E-state index in [0.717, 1.165) is 0 Å². The Morgan fingerprint density at radius 3 is 1.84 bits per heavy atom. The minimum atomic E-state index is -1.51. The van der Waals surface area contributed by atoms with Crippen LogP contribution in [0, 0.1) is 11.8 Å². The standard InChI is InChI=1S/C49H69N13O12/c1-26(2)39(60-42(67)33(12-8-18-54-49(51)52)56-41(66)32(50)23-38(64)65)45(70)57-34(20-29-14-16-31(63)17-15-29)43(68)61-40(27(3)4)46(71)58-35(22-30-24-53-25-55-30)47(72)62-19-9-13-37(62)44(69)59-36(48(73)74)21-28-10-6-5-7-11-28/h5-7,10-11,14-17,24-27,32-37,39-40,63H,8-9,12-13,18-23,50H2,1-4H3,(H,53,55)(H,56,66)(H,57,70)(H,58,71)(H,59,69)(H,60,67)(H,61,68)(H,64,65)(H,73,74)(H4,51,52,54)/t32-,33?,34-,35-,36?,37?,39?,40?/m0/s1. The molecule has 1 aliphatic heterocycles. The number of aromatic nitrogens is 2. The molecule has 3 aromatic rings. The number of nitrogens with one attached hydrogen (secondary N) is 7. The van der Waals surface area contributed by atoms with E-state index in [9.17, 15) is 53.4 Å². The lowest BCUT2D eigenvalue weighted by molar-refractivity contribution is -0.145. The number of aromatic hydroxyl groups is 1. The Labute approximate surface area is 427 Å². The number of likely N-dealkylation sites (tertiary alicyclic amines) is 1. The largest absolute Gasteiger partial charge is 0.508 e. The molecular weight excluding hydrogens is 963 g/mol. The molecule has 1 aliphatic rings. The predicted molar refractivity (Wildman–Crippen MR) is 268 cm³/mol. The van der Waals surface area contributed by atoms with Crippen LogP contribution in [0.2, 0.25) is 0 Å². The monoisotopic (exact) mass is 1030 g/mol. The Kier molecular flexibility index (Phi) is 22.3. The van der Waals surface area contributed by atoms with Crippen LogP contribution in [-0.4, -0.2) is 151 Å². The number of imidazole rings is 1. The number of aromatic amines is 1. The van der Waals surface area contributed by atoms with Gasteiger partial charge in [0.25, 0.3) is 0 Å². The second-order valence-electron chi connectivity index (χ2n) is 18.7. The third-order valence-electron chi connectivity index (χ3n) is 12.1. The first-order valence-corrected chi connectivity index (χ1v) is 24.2. The fourth-order valence-electron chi connectivity index (χ4n) is 8.15. The number of carboxylic acids is 2. The zero-order valence-electron chi connectivity index (χ0n) is 41.8. The number of amides is 7. The van der Waals surface area contributed by atoms with Crippen molar-refractivity contribution in [3.63, 3.8) is 0 Å². The number of phenolic OH excluding ortho intramolecular Hbond substituents is 1. The van der Waals surface area contributed by atoms with Gasteiger partial charge in [-0.2, -0.15) is 0 Å². The van der Waals surface area contributed by atoms with Gasteiger partial charge in [-0.15, -0.1) is 0 Å². The number of carboxylic acid groups (broad SMARTS) is 2. The van der Waals surface area contributed by atoms with Crippen LogP contribution in [0.3, 0.4) is 0 Å². The molecule has 2 heterocycles. The van der Waals surface area contributed by atoms with Crippen molar-refractivity contribution in [1.29, 1.82) is 0 Å². The number of benzene rings is 2. The first-order chi connectivity index (χ1) is 35.0. The summed E-state index contributed by atoms with van der Waals surface area (Å²) in [5.41, 5.74) is 18.2. The molecule has 74 heavy (non-hydrogen) atoms. The second kappa shape index (κ2) is 28.2. The lowest BCUT2D eigenvalue weighted by Crippen LogP contribution is -2.62. The molecule has 2 aromatic carbocycles. The van der Waals surface area contributed by atoms with Crippen molar-refractivity contribution in [2.24, 2.45) is 34.0 Å². The molecule has 0 radical (unpaired) electrons. The number of hydrogen-bond acceptors (Lipinski definition) is 13. The van der Waals surface area contributed by atoms with Crippen molar-refractivity contribution >= 4 is 59.2 Å². The maximum atomic E-state index is 14.5. The second-order valence-corrected chi connectivity index (χ2v) is 18.7. The molecule has 7 amide bonds. The first-order valence-electron chi connectivity index (χ1n) is 24.2. The van der Waals surface area contributed by atoms with Gasteiger partial charge in [-0.1, -0.05) is 70.2 Å². The van der Waals surface area contributed by atoms with Gasteiger partial charge in [-0.05, 0) is 60.8 Å². The summed E-state index contributed by atoms with van der Waals surface area (Å²) in [6, 6.07) is 3.91. The Morgan fingerprint density at radius 1 is 0.716 bits per heavy atom. The molecular formula is C49H69N13O12. The fourth-order valence-corrected chi connectivity index (χ4v) is 8.15. The molecule has 25 nitrogen and oxygen atoms in total. The molecule has 1 saturated heterocycles. The zero-order chi connectivity index (χ0) is 54.6. The van der Waals surface area contributed by atoms with Crippen LogP contribution in [0.25, 0.3) is 0 Å². The number of nitrogens with zero attached hydrogens (tertiary/aromatic N) is 3. The average Bonchev–Trinajstić information content (AvgIpc) is 4.06. The smallest absolute Gasteiger partial charge is 0.326 e. The van der Waals surface area contributed by atoms with Gasteiger partial charge >= 0.3 is 11.9 Å². The van der Waals surface area contributed by atoms with Crippen LogP contribution in [-0.2, 0) is 62.4 Å². The van der Waals surface area contributed by atoms with Crippen molar-refractivity contribution < 1.29 is 58.5 Å². The summed E-state index contributed by atoms with van der Waals surface area (Å²) in [6.07, 6.45) is 2.55. The Hall–Kier alpha value is -8.09. The molecule has 1 aromatic heterocycles. The number of aliphatic carboxylic acids is 2. The number of guanidine groups is 1. The van der Waals surface area contributed by atoms with Gasteiger partial charge in [-0.25, -0.2) is 9.78 Å². The fraction of sp³-hybridized carbons (Fsp3) is 0.490. The lowest BCUT2D eigenvalue weighted by atomic mass is 9.98. The van der Waals surface area contributed by atoms with E-state index in [1.54, 1.807) is 58.0 Å². The molecule has 25 heteroatoms. The normalized spacial score (nSPS) is 16.0. The summed E-state index contributed by atoms with van der Waals surface area (Å²) in [4.78, 5) is 134. The van der Waals surface area contributed by atoms with E-state index in [1.807, 2.05) is 0 Å². The lowest BCUT2D eigenvalue weighted by Gasteiger charge is -2.31. The summed E-state index contributed by atoms with van der Waals surface area (Å²) in [6.45, 7) is 6.70. The summed E-state index contributed by atoms with van der Waals surface area (Å²) in [5, 5.41) is 44.9. The SMILES string of the molecule is CC(C)C(NC(=O)C(CCCN=C(N)N)NC(=O)[C@@H](N)CC(=O)O)C(=O)N[C@@H](Cc1ccc(O)cc1)C(=O)NC(C(=O)N[C@@H](Cc1cnc[nH]1)C(=O)N1CCCC1C(=O)NC(Cc1ccccc1)C(=O)O)C(C)C. The first kappa shape index (κ1) is 58.5. The van der Waals surface area contributed by atoms with Gasteiger partial charge in [0.05, 0.1) is 18.8 Å². The highest BCUT2D eigenvalue weighted by molar-refractivity contribution is 5.98. The summed E-state index contributed by atoms with van der Waals surface area (Å²) in [5.74, 6) is -9.74. The van der Waals surface area contributed by atoms with Crippen molar-refractivity contribution in [3.8, 4) is 5.75 Å². The third-order valence-corrected chi connectivity index (χ3v) is 12.1. The molecule has 0 spiro atoms. The predicted octanol–water partition coefficient (Wildman–Crippen LogP) is -1.70. The number of phenols is 1. The van der Waals surface area contributed by atoms with Crippen LogP contribution < -0.4 is 49.1 Å². The summed E-state index contributed by atoms with van der Waals surface area (Å²) in [7, 11) is 0. The number of hydrogen-bond donors (Lipinski definition) is 13. The van der Waals surface area contributed by atoms with Crippen molar-refractivity contribution in [2.45, 2.75) is 127 Å². The molecule has 5 unspecified atom stereocenters. The van der Waals surface area contributed by atoms with Crippen molar-refractivity contribution in [3.05, 3.63) is 83.9 Å². The minimum absolute atomic E-state index is 0.00251. The van der Waals surface area contributed by atoms with Gasteiger partial charge in [0.15, 0.2) is 5.96 Å². The molecule has 4 rings (SSSR count). The topological polar surface area (TPSA) is 409 Å². The van der Waals surface area contributed by atoms with Crippen LogP contribution >= 0.6 is 0 Å². The van der Waals surface area contributed by atoms with Gasteiger partial charge < -0.3 is 74.3 Å². The highest BCUT2D eigenvalue weighted by atomic mass is 16.4. The van der Waals surface area contributed by atoms with Crippen LogP contribution in [0.15, 0.2) is 72.1 Å². The van der Waals surface area contributed by atoms with Crippen LogP contribution in [0.4, 0.5) is 0 Å². The number of carbonyl (C=O) groups is 9. The number of aliphatic imine (C=N–C) groups is 1. The van der Waals surface area contributed by atoms with Gasteiger partial charge in [0.1, 0.15) is 48.0 Å². The number of nitrogens with two attached hydrogens (primary N) is 3. The highest BCUT2D eigenvalue weighted by Gasteiger charge is 2.41. The maximum absolute atomic E-state index is 14.5. The molecule has 8 atom stereocenters. The molecule has 0 saturated carbocycles.